The molecule has 0 bridgehead atoms. The zero-order valence-corrected chi connectivity index (χ0v) is 15.6. The van der Waals surface area contributed by atoms with E-state index in [0.29, 0.717) is 28.9 Å². The van der Waals surface area contributed by atoms with Crippen molar-refractivity contribution in [2.75, 3.05) is 11.9 Å². The average Bonchev–Trinajstić information content (AvgIpc) is 2.75. The second-order valence-electron chi connectivity index (χ2n) is 6.72. The fourth-order valence-corrected chi connectivity index (χ4v) is 3.09. The van der Waals surface area contributed by atoms with Crippen LogP contribution in [0.15, 0.2) is 54.4 Å². The summed E-state index contributed by atoms with van der Waals surface area (Å²) in [6.07, 6.45) is 10.7. The molecule has 0 radical (unpaired) electrons. The van der Waals surface area contributed by atoms with Gasteiger partial charge in [-0.2, -0.15) is 5.26 Å². The molecule has 0 fully saturated rings. The third-order valence-corrected chi connectivity index (χ3v) is 4.65. The monoisotopic (exact) mass is 374 g/mol. The van der Waals surface area contributed by atoms with Crippen LogP contribution >= 0.6 is 0 Å². The number of amides is 2. The summed E-state index contributed by atoms with van der Waals surface area (Å²) < 4.78 is 0. The normalized spacial score (nSPS) is 13.2. The van der Waals surface area contributed by atoms with Crippen LogP contribution in [-0.4, -0.2) is 23.3 Å². The molecule has 0 aliphatic heterocycles. The number of nitrogens with zero attached hydrogens (tertiary/aromatic N) is 2. The third kappa shape index (κ3) is 5.27. The molecule has 142 valence electrons. The molecule has 2 N–H and O–H groups in total. The molecule has 2 amide bonds. The van der Waals surface area contributed by atoms with E-state index in [9.17, 15) is 9.59 Å². The highest BCUT2D eigenvalue weighted by Crippen LogP contribution is 2.19. The van der Waals surface area contributed by atoms with E-state index in [4.69, 9.17) is 5.26 Å². The molecule has 0 spiro atoms. The molecule has 0 atom stereocenters. The average molecular weight is 374 g/mol. The van der Waals surface area contributed by atoms with Gasteiger partial charge in [-0.3, -0.25) is 14.6 Å². The molecule has 0 saturated carbocycles. The van der Waals surface area contributed by atoms with Crippen LogP contribution in [0.4, 0.5) is 5.69 Å². The van der Waals surface area contributed by atoms with E-state index in [2.05, 4.69) is 21.7 Å². The third-order valence-electron chi connectivity index (χ3n) is 4.65. The lowest BCUT2D eigenvalue weighted by Gasteiger charge is -2.13. The fraction of sp³-hybridized carbons (Fsp3) is 0.273. The molecule has 6 heteroatoms. The van der Waals surface area contributed by atoms with Gasteiger partial charge >= 0.3 is 0 Å². The van der Waals surface area contributed by atoms with E-state index in [-0.39, 0.29) is 11.8 Å². The minimum absolute atomic E-state index is 0.239. The summed E-state index contributed by atoms with van der Waals surface area (Å²) in [5.74, 6) is -0.601. The Hall–Kier alpha value is -3.46. The second kappa shape index (κ2) is 9.47. The Morgan fingerprint density at radius 2 is 1.82 bits per heavy atom. The Morgan fingerprint density at radius 1 is 1.07 bits per heavy atom. The molecule has 6 nitrogen and oxygen atoms in total. The Balaban J connectivity index is 1.57. The zero-order chi connectivity index (χ0) is 19.8. The van der Waals surface area contributed by atoms with Crippen molar-refractivity contribution in [1.29, 1.82) is 5.26 Å². The highest BCUT2D eigenvalue weighted by atomic mass is 16.2. The number of allylic oxidation sites excluding steroid dienone is 1. The van der Waals surface area contributed by atoms with Crippen LogP contribution in [-0.2, 0) is 0 Å². The maximum absolute atomic E-state index is 12.4. The summed E-state index contributed by atoms with van der Waals surface area (Å²) in [5.41, 5.74) is 3.14. The van der Waals surface area contributed by atoms with E-state index in [1.54, 1.807) is 24.3 Å². The molecule has 1 aromatic heterocycles. The highest BCUT2D eigenvalue weighted by Gasteiger charge is 2.12. The number of anilines is 1. The van der Waals surface area contributed by atoms with Crippen molar-refractivity contribution in [3.8, 4) is 6.07 Å². The van der Waals surface area contributed by atoms with Gasteiger partial charge in [0.25, 0.3) is 11.8 Å². The topological polar surface area (TPSA) is 94.9 Å². The summed E-state index contributed by atoms with van der Waals surface area (Å²) in [6.45, 7) is 0.576. The first-order valence-electron chi connectivity index (χ1n) is 9.38. The summed E-state index contributed by atoms with van der Waals surface area (Å²) in [4.78, 5) is 28.8. The number of hydrogen-bond donors (Lipinski definition) is 2. The molecule has 2 aromatic rings. The van der Waals surface area contributed by atoms with Crippen LogP contribution in [0.5, 0.6) is 0 Å². The highest BCUT2D eigenvalue weighted by molar-refractivity contribution is 6.05. The number of carbonyl (C=O) groups excluding carboxylic acids is 2. The minimum atomic E-state index is -0.362. The maximum atomic E-state index is 12.4. The number of aromatic nitrogens is 1. The Kier molecular flexibility index (Phi) is 6.53. The lowest BCUT2D eigenvalue weighted by atomic mass is 9.97. The van der Waals surface area contributed by atoms with Gasteiger partial charge in [-0.05, 0) is 62.4 Å². The molecule has 3 rings (SSSR count). The Bertz CT molecular complexity index is 926. The quantitative estimate of drug-likeness (QED) is 0.751. The molecule has 28 heavy (non-hydrogen) atoms. The molecule has 1 aliphatic rings. The molecule has 1 aromatic carbocycles. The first kappa shape index (κ1) is 19.3. The second-order valence-corrected chi connectivity index (χ2v) is 6.72. The van der Waals surface area contributed by atoms with Crippen molar-refractivity contribution < 1.29 is 9.59 Å². The smallest absolute Gasteiger partial charge is 0.257 e. The number of nitriles is 1. The van der Waals surface area contributed by atoms with Gasteiger partial charge in [0.2, 0.25) is 0 Å². The number of benzene rings is 1. The predicted molar refractivity (Wildman–Crippen MR) is 107 cm³/mol. The van der Waals surface area contributed by atoms with Crippen molar-refractivity contribution in [3.05, 3.63) is 71.1 Å². The van der Waals surface area contributed by atoms with E-state index < -0.39 is 0 Å². The van der Waals surface area contributed by atoms with Crippen molar-refractivity contribution in [2.24, 2.45) is 0 Å². The summed E-state index contributed by atoms with van der Waals surface area (Å²) in [7, 11) is 0. The van der Waals surface area contributed by atoms with Crippen molar-refractivity contribution in [3.63, 3.8) is 0 Å². The van der Waals surface area contributed by atoms with Crippen molar-refractivity contribution >= 4 is 17.5 Å². The van der Waals surface area contributed by atoms with Gasteiger partial charge in [-0.1, -0.05) is 11.6 Å². The van der Waals surface area contributed by atoms with Gasteiger partial charge in [0.1, 0.15) is 0 Å². The van der Waals surface area contributed by atoms with Gasteiger partial charge in [0.15, 0.2) is 0 Å². The van der Waals surface area contributed by atoms with Gasteiger partial charge < -0.3 is 10.6 Å². The molecule has 0 saturated heterocycles. The molecule has 0 unspecified atom stereocenters. The van der Waals surface area contributed by atoms with Crippen LogP contribution in [0.1, 0.15) is 58.4 Å². The lowest BCUT2D eigenvalue weighted by Crippen LogP contribution is -2.25. The lowest BCUT2D eigenvalue weighted by molar-refractivity contribution is 0.0953. The largest absolute Gasteiger partial charge is 0.352 e. The first-order chi connectivity index (χ1) is 13.7. The number of carbonyl (C=O) groups is 2. The molecule has 1 heterocycles. The number of pyridine rings is 1. The van der Waals surface area contributed by atoms with Gasteiger partial charge in [0.05, 0.1) is 22.8 Å². The van der Waals surface area contributed by atoms with E-state index in [0.717, 1.165) is 19.3 Å². The summed E-state index contributed by atoms with van der Waals surface area (Å²) in [6, 6.07) is 10.1. The SMILES string of the molecule is N#Cc1ccc(NC(=O)c2cncc(C(=O)NCCC3=CCCCC3)c2)cc1. The number of rotatable bonds is 6. The van der Waals surface area contributed by atoms with Crippen molar-refractivity contribution in [2.45, 2.75) is 32.1 Å². The zero-order valence-electron chi connectivity index (χ0n) is 15.6. The predicted octanol–water partition coefficient (Wildman–Crippen LogP) is 3.83. The van der Waals surface area contributed by atoms with E-state index >= 15 is 0 Å². The Morgan fingerprint density at radius 3 is 2.50 bits per heavy atom. The minimum Gasteiger partial charge on any atom is -0.352 e. The molecule has 1 aliphatic carbocycles. The van der Waals surface area contributed by atoms with Gasteiger partial charge in [0, 0.05) is 24.6 Å². The Labute approximate surface area is 164 Å². The number of hydrogen-bond acceptors (Lipinski definition) is 4. The van der Waals surface area contributed by atoms with Crippen LogP contribution in [0, 0.1) is 11.3 Å². The standard InChI is InChI=1S/C22H22N4O2/c23-13-17-6-8-20(9-7-17)26-22(28)19-12-18(14-24-15-19)21(27)25-11-10-16-4-2-1-3-5-16/h4,6-9,12,14-15H,1-3,5,10-11H2,(H,25,27)(H,26,28). The van der Waals surface area contributed by atoms with Crippen LogP contribution in [0.25, 0.3) is 0 Å². The fourth-order valence-electron chi connectivity index (χ4n) is 3.09. The van der Waals surface area contributed by atoms with Crippen LogP contribution in [0.3, 0.4) is 0 Å². The van der Waals surface area contributed by atoms with Crippen molar-refractivity contribution in [1.82, 2.24) is 10.3 Å². The summed E-state index contributed by atoms with van der Waals surface area (Å²) >= 11 is 0. The van der Waals surface area contributed by atoms with E-state index in [1.165, 1.54) is 36.9 Å². The van der Waals surface area contributed by atoms with Gasteiger partial charge in [-0.25, -0.2) is 0 Å². The van der Waals surface area contributed by atoms with Crippen LogP contribution in [0.2, 0.25) is 0 Å². The van der Waals surface area contributed by atoms with E-state index in [1.807, 2.05) is 6.07 Å². The van der Waals surface area contributed by atoms with Crippen LogP contribution < -0.4 is 10.6 Å². The number of nitrogens with one attached hydrogen (secondary N) is 2. The van der Waals surface area contributed by atoms with Gasteiger partial charge in [-0.15, -0.1) is 0 Å². The first-order valence-corrected chi connectivity index (χ1v) is 9.38. The summed E-state index contributed by atoms with van der Waals surface area (Å²) in [5, 5.41) is 14.4. The maximum Gasteiger partial charge on any atom is 0.257 e. The molecular formula is C22H22N4O2. The molecular weight excluding hydrogens is 352 g/mol.